The van der Waals surface area contributed by atoms with Gasteiger partial charge >= 0.3 is 12.2 Å². The summed E-state index contributed by atoms with van der Waals surface area (Å²) < 4.78 is 45.6. The van der Waals surface area contributed by atoms with Gasteiger partial charge in [0.15, 0.2) is 5.82 Å². The van der Waals surface area contributed by atoms with Gasteiger partial charge in [0, 0.05) is 18.3 Å². The first-order valence-corrected chi connectivity index (χ1v) is 8.83. The minimum atomic E-state index is -4.65. The number of aryl methyl sites for hydroxylation is 1. The summed E-state index contributed by atoms with van der Waals surface area (Å²) in [6.45, 7) is 5.10. The number of amides is 3. The number of aromatic nitrogens is 1. The number of nitrogens with zero attached hydrogens (tertiary/aromatic N) is 2. The van der Waals surface area contributed by atoms with Gasteiger partial charge < -0.3 is 15.2 Å². The second-order valence-corrected chi connectivity index (χ2v) is 6.49. The Labute approximate surface area is 164 Å². The van der Waals surface area contributed by atoms with Crippen LogP contribution in [0.15, 0.2) is 46.1 Å². The van der Waals surface area contributed by atoms with E-state index in [0.29, 0.717) is 5.76 Å². The lowest BCUT2D eigenvalue weighted by Crippen LogP contribution is -2.48. The van der Waals surface area contributed by atoms with Gasteiger partial charge in [-0.3, -0.25) is 9.69 Å². The average molecular weight is 408 g/mol. The number of allylic oxidation sites excluding steroid dienone is 1. The summed E-state index contributed by atoms with van der Waals surface area (Å²) >= 11 is 0. The van der Waals surface area contributed by atoms with Crippen molar-refractivity contribution in [3.8, 4) is 0 Å². The molecule has 1 atom stereocenters. The first-order chi connectivity index (χ1) is 13.6. The summed E-state index contributed by atoms with van der Waals surface area (Å²) in [7, 11) is 0. The molecule has 0 fully saturated rings. The van der Waals surface area contributed by atoms with Crippen molar-refractivity contribution in [3.63, 3.8) is 0 Å². The van der Waals surface area contributed by atoms with E-state index in [2.05, 4.69) is 15.8 Å². The largest absolute Gasteiger partial charge is 0.416 e. The molecule has 10 heteroatoms. The summed E-state index contributed by atoms with van der Waals surface area (Å²) in [5.41, 5.74) is -0.893. The fourth-order valence-corrected chi connectivity index (χ4v) is 3.31. The van der Waals surface area contributed by atoms with Crippen LogP contribution in [0, 0.1) is 6.92 Å². The Bertz CT molecular complexity index is 981. The molecule has 0 spiro atoms. The third-order valence-corrected chi connectivity index (χ3v) is 4.60. The van der Waals surface area contributed by atoms with Crippen LogP contribution in [-0.4, -0.2) is 28.5 Å². The number of carbonyl (C=O) groups is 2. The van der Waals surface area contributed by atoms with E-state index in [-0.39, 0.29) is 29.2 Å². The predicted octanol–water partition coefficient (Wildman–Crippen LogP) is 4.00. The fourth-order valence-electron chi connectivity index (χ4n) is 3.31. The third kappa shape index (κ3) is 3.96. The molecule has 3 amide bonds. The van der Waals surface area contributed by atoms with E-state index < -0.39 is 29.7 Å². The predicted molar refractivity (Wildman–Crippen MR) is 97.7 cm³/mol. The maximum Gasteiger partial charge on any atom is 0.416 e. The van der Waals surface area contributed by atoms with Crippen LogP contribution >= 0.6 is 0 Å². The number of nitrogens with one attached hydrogen (secondary N) is 2. The summed E-state index contributed by atoms with van der Waals surface area (Å²) in [5.74, 6) is -0.107. The average Bonchev–Trinajstić information content (AvgIpc) is 3.05. The molecule has 1 aromatic carbocycles. The zero-order valence-electron chi connectivity index (χ0n) is 15.9. The number of benzene rings is 1. The van der Waals surface area contributed by atoms with Crippen molar-refractivity contribution in [2.45, 2.75) is 33.0 Å². The Morgan fingerprint density at radius 2 is 2.00 bits per heavy atom. The Morgan fingerprint density at radius 1 is 1.31 bits per heavy atom. The zero-order valence-corrected chi connectivity index (χ0v) is 15.9. The Morgan fingerprint density at radius 3 is 2.59 bits per heavy atom. The van der Waals surface area contributed by atoms with Gasteiger partial charge in [0.25, 0.3) is 5.91 Å². The van der Waals surface area contributed by atoms with E-state index in [9.17, 15) is 22.8 Å². The number of halogens is 3. The van der Waals surface area contributed by atoms with Gasteiger partial charge in [0.05, 0.1) is 17.2 Å². The van der Waals surface area contributed by atoms with Crippen LogP contribution in [0.3, 0.4) is 0 Å². The molecule has 0 radical (unpaired) electrons. The van der Waals surface area contributed by atoms with E-state index >= 15 is 0 Å². The van der Waals surface area contributed by atoms with E-state index in [1.807, 2.05) is 0 Å². The normalized spacial score (nSPS) is 17.4. The van der Waals surface area contributed by atoms with Gasteiger partial charge in [-0.2, -0.15) is 13.2 Å². The summed E-state index contributed by atoms with van der Waals surface area (Å²) in [5, 5.41) is 8.72. The molecule has 154 valence electrons. The zero-order chi connectivity index (χ0) is 21.3. The number of anilines is 1. The van der Waals surface area contributed by atoms with Crippen molar-refractivity contribution in [2.75, 3.05) is 11.9 Å². The van der Waals surface area contributed by atoms with Gasteiger partial charge in [0.1, 0.15) is 5.76 Å². The van der Waals surface area contributed by atoms with Crippen LogP contribution in [0.25, 0.3) is 0 Å². The van der Waals surface area contributed by atoms with E-state index in [4.69, 9.17) is 4.52 Å². The molecule has 1 aliphatic heterocycles. The minimum absolute atomic E-state index is 0.0104. The van der Waals surface area contributed by atoms with Gasteiger partial charge in [-0.1, -0.05) is 23.4 Å². The van der Waals surface area contributed by atoms with Crippen molar-refractivity contribution in [2.24, 2.45) is 0 Å². The number of alkyl halides is 3. The van der Waals surface area contributed by atoms with Crippen molar-refractivity contribution >= 4 is 17.8 Å². The first-order valence-electron chi connectivity index (χ1n) is 8.83. The van der Waals surface area contributed by atoms with Gasteiger partial charge in [-0.05, 0) is 32.4 Å². The second-order valence-electron chi connectivity index (χ2n) is 6.49. The van der Waals surface area contributed by atoms with Crippen LogP contribution in [-0.2, 0) is 11.0 Å². The number of urea groups is 1. The highest BCUT2D eigenvalue weighted by Gasteiger charge is 2.41. The molecule has 7 nitrogen and oxygen atoms in total. The highest BCUT2D eigenvalue weighted by molar-refractivity contribution is 6.06. The van der Waals surface area contributed by atoms with Crippen molar-refractivity contribution in [1.29, 1.82) is 0 Å². The molecule has 0 bridgehead atoms. The quantitative estimate of drug-likeness (QED) is 0.801. The number of carbonyl (C=O) groups excluding carboxylic acids is 2. The molecule has 0 saturated heterocycles. The van der Waals surface area contributed by atoms with Crippen molar-refractivity contribution in [1.82, 2.24) is 15.4 Å². The summed E-state index contributed by atoms with van der Waals surface area (Å²) in [4.78, 5) is 26.7. The number of hydrogen-bond acceptors (Lipinski definition) is 4. The molecule has 1 unspecified atom stereocenters. The lowest BCUT2D eigenvalue weighted by atomic mass is 9.90. The number of rotatable bonds is 4. The smallest absolute Gasteiger partial charge is 0.360 e. The maximum atomic E-state index is 13.6. The lowest BCUT2D eigenvalue weighted by molar-refractivity contribution is -0.138. The lowest BCUT2D eigenvalue weighted by Gasteiger charge is -2.35. The van der Waals surface area contributed by atoms with Crippen LogP contribution in [0.2, 0.25) is 0 Å². The van der Waals surface area contributed by atoms with E-state index in [1.54, 1.807) is 13.8 Å². The molecule has 2 N–H and O–H groups in total. The van der Waals surface area contributed by atoms with Crippen LogP contribution < -0.4 is 10.6 Å². The van der Waals surface area contributed by atoms with E-state index in [0.717, 1.165) is 6.07 Å². The molecule has 3 rings (SSSR count). The standard InChI is InChI=1S/C19H19F3N4O3/c1-4-26-11(3)15(17(27)23-14-9-10(2)29-25-14)16(24-18(26)28)12-7-5-6-8-13(12)19(20,21)22/h5-9,16H,4H2,1-3H3,(H,24,28)(H,23,25,27). The highest BCUT2D eigenvalue weighted by Crippen LogP contribution is 2.39. The molecule has 29 heavy (non-hydrogen) atoms. The van der Waals surface area contributed by atoms with Crippen molar-refractivity contribution in [3.05, 3.63) is 58.5 Å². The molecular formula is C19H19F3N4O3. The number of hydrogen-bond donors (Lipinski definition) is 2. The molecule has 1 aromatic heterocycles. The second kappa shape index (κ2) is 7.61. The van der Waals surface area contributed by atoms with Gasteiger partial charge in [-0.25, -0.2) is 4.79 Å². The van der Waals surface area contributed by atoms with Crippen molar-refractivity contribution < 1.29 is 27.3 Å². The van der Waals surface area contributed by atoms with Gasteiger partial charge in [0.2, 0.25) is 0 Å². The van der Waals surface area contributed by atoms with Crippen LogP contribution in [0.4, 0.5) is 23.8 Å². The first kappa shape index (κ1) is 20.4. The molecular weight excluding hydrogens is 389 g/mol. The SMILES string of the molecule is CCN1C(=O)NC(c2ccccc2C(F)(F)F)C(C(=O)Nc2cc(C)on2)=C1C. The highest BCUT2D eigenvalue weighted by atomic mass is 19.4. The maximum absolute atomic E-state index is 13.6. The van der Waals surface area contributed by atoms with Crippen LogP contribution in [0.5, 0.6) is 0 Å². The Kier molecular flexibility index (Phi) is 5.36. The molecule has 1 aliphatic rings. The summed E-state index contributed by atoms with van der Waals surface area (Å²) in [6.07, 6.45) is -4.65. The molecule has 2 heterocycles. The topological polar surface area (TPSA) is 87.5 Å². The fraction of sp³-hybridized carbons (Fsp3) is 0.316. The minimum Gasteiger partial charge on any atom is -0.360 e. The Hall–Kier alpha value is -3.30. The van der Waals surface area contributed by atoms with Crippen LogP contribution in [0.1, 0.15) is 36.8 Å². The molecule has 0 saturated carbocycles. The molecule has 2 aromatic rings. The third-order valence-electron chi connectivity index (χ3n) is 4.60. The van der Waals surface area contributed by atoms with E-state index in [1.165, 1.54) is 36.1 Å². The van der Waals surface area contributed by atoms with Gasteiger partial charge in [-0.15, -0.1) is 0 Å². The molecule has 0 aliphatic carbocycles. The Balaban J connectivity index is 2.11. The monoisotopic (exact) mass is 408 g/mol. The summed E-state index contributed by atoms with van der Waals surface area (Å²) in [6, 6.07) is 4.46.